The number of primary amides is 1. The van der Waals surface area contributed by atoms with Crippen LogP contribution >= 0.6 is 0 Å². The molecule has 1 saturated heterocycles. The topological polar surface area (TPSA) is 105 Å². The lowest BCUT2D eigenvalue weighted by Gasteiger charge is -2.32. The number of halogens is 3. The van der Waals surface area contributed by atoms with Crippen LogP contribution in [0.5, 0.6) is 0 Å². The first kappa shape index (κ1) is 25.2. The van der Waals surface area contributed by atoms with Crippen LogP contribution in [0.2, 0.25) is 0 Å². The molecule has 0 radical (unpaired) electrons. The van der Waals surface area contributed by atoms with Gasteiger partial charge in [0.05, 0.1) is 12.1 Å². The Hall–Kier alpha value is -3.40. The number of nitrogens with two attached hydrogens (primary N) is 1. The van der Waals surface area contributed by atoms with Crippen LogP contribution in [0.25, 0.3) is 0 Å². The number of hydrogen-bond acceptors (Lipinski definition) is 4. The number of hydrogen-bond donors (Lipinski definition) is 3. The lowest BCUT2D eigenvalue weighted by Crippen LogP contribution is -2.41. The number of carbonyl (C=O) groups is 3. The molecule has 2 aromatic carbocycles. The number of piperidine rings is 1. The molecule has 1 fully saturated rings. The summed E-state index contributed by atoms with van der Waals surface area (Å²) in [4.78, 5) is 37.6. The van der Waals surface area contributed by atoms with Crippen LogP contribution in [0, 0.1) is 5.92 Å². The van der Waals surface area contributed by atoms with E-state index in [9.17, 15) is 27.6 Å². The van der Waals surface area contributed by atoms with Gasteiger partial charge in [-0.3, -0.25) is 19.3 Å². The van der Waals surface area contributed by atoms with Crippen molar-refractivity contribution in [3.63, 3.8) is 0 Å². The van der Waals surface area contributed by atoms with Crippen LogP contribution in [-0.2, 0) is 17.5 Å². The Morgan fingerprint density at radius 2 is 1.65 bits per heavy atom. The molecule has 3 rings (SSSR count). The van der Waals surface area contributed by atoms with Gasteiger partial charge in [0.1, 0.15) is 0 Å². The maximum Gasteiger partial charge on any atom is 0.416 e. The minimum atomic E-state index is -4.54. The third-order valence-electron chi connectivity index (χ3n) is 5.80. The smallest absolute Gasteiger partial charge is 0.366 e. The van der Waals surface area contributed by atoms with Crippen molar-refractivity contribution >= 4 is 17.7 Å². The molecule has 0 saturated carbocycles. The van der Waals surface area contributed by atoms with Crippen molar-refractivity contribution < 1.29 is 27.6 Å². The summed E-state index contributed by atoms with van der Waals surface area (Å²) in [6, 6.07) is 11.3. The molecular weight excluding hydrogens is 449 g/mol. The van der Waals surface area contributed by atoms with E-state index >= 15 is 0 Å². The van der Waals surface area contributed by atoms with Gasteiger partial charge in [0, 0.05) is 24.2 Å². The van der Waals surface area contributed by atoms with Gasteiger partial charge in [0.25, 0.3) is 5.91 Å². The van der Waals surface area contributed by atoms with E-state index in [-0.39, 0.29) is 12.1 Å². The molecule has 0 bridgehead atoms. The Kier molecular flexibility index (Phi) is 8.27. The first-order chi connectivity index (χ1) is 16.1. The largest absolute Gasteiger partial charge is 0.416 e. The summed E-state index contributed by atoms with van der Waals surface area (Å²) in [5.74, 6) is -1.28. The van der Waals surface area contributed by atoms with E-state index in [1.807, 2.05) is 12.1 Å². The average molecular weight is 476 g/mol. The summed E-state index contributed by atoms with van der Waals surface area (Å²) in [7, 11) is 0. The van der Waals surface area contributed by atoms with E-state index in [1.165, 1.54) is 6.07 Å². The lowest BCUT2D eigenvalue weighted by atomic mass is 9.96. The second kappa shape index (κ2) is 11.1. The SMILES string of the molecule is NC(=O)c1ccc(CN2CCC(CNC(=O)CNC(=O)c3cccc(C(F)(F)F)c3)CC2)cc1. The molecule has 3 amide bonds. The molecule has 0 atom stereocenters. The predicted octanol–water partition coefficient (Wildman–Crippen LogP) is 2.56. The molecule has 182 valence electrons. The molecule has 0 aromatic heterocycles. The number of likely N-dealkylation sites (tertiary alicyclic amines) is 1. The summed E-state index contributed by atoms with van der Waals surface area (Å²) in [5.41, 5.74) is 5.75. The van der Waals surface area contributed by atoms with E-state index in [4.69, 9.17) is 5.73 Å². The summed E-state index contributed by atoms with van der Waals surface area (Å²) < 4.78 is 38.3. The van der Waals surface area contributed by atoms with Crippen molar-refractivity contribution in [2.24, 2.45) is 11.7 Å². The molecule has 10 heteroatoms. The van der Waals surface area contributed by atoms with Gasteiger partial charge >= 0.3 is 6.18 Å². The summed E-state index contributed by atoms with van der Waals surface area (Å²) in [6.07, 6.45) is -2.74. The Balaban J connectivity index is 1.36. The Morgan fingerprint density at radius 1 is 0.971 bits per heavy atom. The van der Waals surface area contributed by atoms with Crippen LogP contribution in [-0.4, -0.2) is 48.8 Å². The highest BCUT2D eigenvalue weighted by molar-refractivity contribution is 5.96. The molecule has 0 spiro atoms. The first-order valence-corrected chi connectivity index (χ1v) is 10.9. The number of benzene rings is 2. The molecular formula is C24H27F3N4O3. The van der Waals surface area contributed by atoms with Gasteiger partial charge < -0.3 is 16.4 Å². The fourth-order valence-corrected chi connectivity index (χ4v) is 3.80. The van der Waals surface area contributed by atoms with Crippen molar-refractivity contribution in [1.29, 1.82) is 0 Å². The van der Waals surface area contributed by atoms with Crippen molar-refractivity contribution in [2.45, 2.75) is 25.6 Å². The van der Waals surface area contributed by atoms with Gasteiger partial charge in [-0.2, -0.15) is 13.2 Å². The number of nitrogens with one attached hydrogen (secondary N) is 2. The molecule has 4 N–H and O–H groups in total. The van der Waals surface area contributed by atoms with Crippen molar-refractivity contribution in [3.8, 4) is 0 Å². The van der Waals surface area contributed by atoms with E-state index in [0.29, 0.717) is 18.0 Å². The van der Waals surface area contributed by atoms with Crippen LogP contribution in [0.1, 0.15) is 44.7 Å². The number of amides is 3. The van der Waals surface area contributed by atoms with Gasteiger partial charge in [-0.05, 0) is 67.7 Å². The maximum absolute atomic E-state index is 12.8. The Labute approximate surface area is 195 Å². The van der Waals surface area contributed by atoms with Crippen LogP contribution < -0.4 is 16.4 Å². The zero-order valence-corrected chi connectivity index (χ0v) is 18.5. The van der Waals surface area contributed by atoms with Gasteiger partial charge in [-0.1, -0.05) is 18.2 Å². The molecule has 0 aliphatic carbocycles. The Bertz CT molecular complexity index is 1020. The molecule has 34 heavy (non-hydrogen) atoms. The Morgan fingerprint density at radius 3 is 2.26 bits per heavy atom. The second-order valence-corrected chi connectivity index (χ2v) is 8.35. The van der Waals surface area contributed by atoms with Crippen LogP contribution in [0.4, 0.5) is 13.2 Å². The van der Waals surface area contributed by atoms with Crippen molar-refractivity contribution in [1.82, 2.24) is 15.5 Å². The summed E-state index contributed by atoms with van der Waals surface area (Å²) >= 11 is 0. The number of nitrogens with zero attached hydrogens (tertiary/aromatic N) is 1. The highest BCUT2D eigenvalue weighted by atomic mass is 19.4. The fraction of sp³-hybridized carbons (Fsp3) is 0.375. The third-order valence-corrected chi connectivity index (χ3v) is 5.80. The molecule has 2 aromatic rings. The van der Waals surface area contributed by atoms with Crippen molar-refractivity contribution in [2.75, 3.05) is 26.2 Å². The lowest BCUT2D eigenvalue weighted by molar-refractivity contribution is -0.137. The molecule has 7 nitrogen and oxygen atoms in total. The van der Waals surface area contributed by atoms with E-state index in [0.717, 1.165) is 56.2 Å². The van der Waals surface area contributed by atoms with Crippen molar-refractivity contribution in [3.05, 3.63) is 70.8 Å². The predicted molar refractivity (Wildman–Crippen MR) is 120 cm³/mol. The first-order valence-electron chi connectivity index (χ1n) is 10.9. The monoisotopic (exact) mass is 476 g/mol. The average Bonchev–Trinajstić information content (AvgIpc) is 2.82. The normalized spacial score (nSPS) is 15.0. The summed E-state index contributed by atoms with van der Waals surface area (Å²) in [5, 5.41) is 5.14. The van der Waals surface area contributed by atoms with E-state index in [2.05, 4.69) is 15.5 Å². The van der Waals surface area contributed by atoms with Crippen LogP contribution in [0.15, 0.2) is 48.5 Å². The molecule has 1 aliphatic rings. The number of rotatable bonds is 8. The second-order valence-electron chi connectivity index (χ2n) is 8.35. The number of carbonyl (C=O) groups excluding carboxylic acids is 3. The minimum Gasteiger partial charge on any atom is -0.366 e. The highest BCUT2D eigenvalue weighted by Gasteiger charge is 2.31. The quantitative estimate of drug-likeness (QED) is 0.545. The molecule has 0 unspecified atom stereocenters. The molecule has 1 heterocycles. The zero-order chi connectivity index (χ0) is 24.7. The van der Waals surface area contributed by atoms with Crippen LogP contribution in [0.3, 0.4) is 0 Å². The van der Waals surface area contributed by atoms with Gasteiger partial charge in [0.2, 0.25) is 11.8 Å². The number of alkyl halides is 3. The van der Waals surface area contributed by atoms with Gasteiger partial charge in [-0.25, -0.2) is 0 Å². The van der Waals surface area contributed by atoms with Gasteiger partial charge in [-0.15, -0.1) is 0 Å². The fourth-order valence-electron chi connectivity index (χ4n) is 3.80. The van der Waals surface area contributed by atoms with E-state index in [1.54, 1.807) is 12.1 Å². The highest BCUT2D eigenvalue weighted by Crippen LogP contribution is 2.29. The zero-order valence-electron chi connectivity index (χ0n) is 18.5. The summed E-state index contributed by atoms with van der Waals surface area (Å²) in [6.45, 7) is 2.66. The maximum atomic E-state index is 12.8. The van der Waals surface area contributed by atoms with E-state index < -0.39 is 29.5 Å². The third kappa shape index (κ3) is 7.31. The minimum absolute atomic E-state index is 0.153. The molecule has 1 aliphatic heterocycles. The van der Waals surface area contributed by atoms with Gasteiger partial charge in [0.15, 0.2) is 0 Å². The standard InChI is InChI=1S/C24H27F3N4O3/c25-24(26,27)20-3-1-2-19(12-20)23(34)30-14-21(32)29-13-16-8-10-31(11-9-16)15-17-4-6-18(7-5-17)22(28)33/h1-7,12,16H,8-11,13-15H2,(H2,28,33)(H,29,32)(H,30,34).